The van der Waals surface area contributed by atoms with Crippen molar-refractivity contribution in [2.24, 2.45) is 0 Å². The molecule has 39 heavy (non-hydrogen) atoms. The Morgan fingerprint density at radius 2 is 1.85 bits per heavy atom. The van der Waals surface area contributed by atoms with Gasteiger partial charge in [-0.25, -0.2) is 19.3 Å². The summed E-state index contributed by atoms with van der Waals surface area (Å²) in [4.78, 5) is 42.9. The van der Waals surface area contributed by atoms with E-state index in [9.17, 15) is 14.4 Å². The van der Waals surface area contributed by atoms with Gasteiger partial charge in [-0.05, 0) is 83.3 Å². The van der Waals surface area contributed by atoms with Crippen LogP contribution in [-0.2, 0) is 17.8 Å². The second-order valence-electron chi connectivity index (χ2n) is 9.84. The summed E-state index contributed by atoms with van der Waals surface area (Å²) < 4.78 is 7.16. The molecule has 5 amide bonds. The Kier molecular flexibility index (Phi) is 8.30. The predicted octanol–water partition coefficient (Wildman–Crippen LogP) is 6.47. The molecule has 1 saturated heterocycles. The fraction of sp³-hybridized carbons (Fsp3) is 0.393. The van der Waals surface area contributed by atoms with Gasteiger partial charge < -0.3 is 14.5 Å². The Morgan fingerprint density at radius 3 is 2.51 bits per heavy atom. The van der Waals surface area contributed by atoms with Gasteiger partial charge in [-0.1, -0.05) is 41.4 Å². The lowest BCUT2D eigenvalue weighted by Gasteiger charge is -2.30. The van der Waals surface area contributed by atoms with Crippen molar-refractivity contribution in [2.45, 2.75) is 31.9 Å². The highest BCUT2D eigenvalue weighted by atomic mass is 35.5. The number of hydrogen-bond donors (Lipinski definition) is 0. The van der Waals surface area contributed by atoms with Gasteiger partial charge in [0, 0.05) is 36.4 Å². The molecule has 2 aromatic rings. The van der Waals surface area contributed by atoms with Crippen molar-refractivity contribution in [3.05, 3.63) is 74.8 Å². The summed E-state index contributed by atoms with van der Waals surface area (Å²) in [7, 11) is 1.76. The minimum Gasteiger partial charge on any atom is -0.445 e. The lowest BCUT2D eigenvalue weighted by Crippen LogP contribution is -2.46. The molecule has 0 saturated carbocycles. The van der Waals surface area contributed by atoms with Gasteiger partial charge in [0.1, 0.15) is 6.61 Å². The van der Waals surface area contributed by atoms with Crippen molar-refractivity contribution < 1.29 is 19.1 Å². The third-order valence-electron chi connectivity index (χ3n) is 7.50. The number of imide groups is 1. The molecular formula is C28H30Cl2N4O4S. The smallest absolute Gasteiger partial charge is 0.410 e. The number of aryl methyl sites for hydroxylation is 1. The van der Waals surface area contributed by atoms with Crippen LogP contribution in [0.15, 0.2) is 42.5 Å². The largest absolute Gasteiger partial charge is 0.445 e. The van der Waals surface area contributed by atoms with Gasteiger partial charge in [0.2, 0.25) is 0 Å². The summed E-state index contributed by atoms with van der Waals surface area (Å²) in [6.45, 7) is 2.06. The van der Waals surface area contributed by atoms with Crippen LogP contribution in [0.3, 0.4) is 0 Å². The van der Waals surface area contributed by atoms with Crippen molar-refractivity contribution >= 4 is 58.9 Å². The Morgan fingerprint density at radius 1 is 1.08 bits per heavy atom. The zero-order valence-corrected chi connectivity index (χ0v) is 24.2. The second-order valence-corrected chi connectivity index (χ2v) is 11.5. The van der Waals surface area contributed by atoms with Crippen molar-refractivity contribution in [3.8, 4) is 0 Å². The van der Waals surface area contributed by atoms with Gasteiger partial charge in [-0.15, -0.1) is 0 Å². The fourth-order valence-corrected chi connectivity index (χ4v) is 6.48. The number of benzene rings is 2. The Labute approximate surface area is 242 Å². The molecule has 8 nitrogen and oxygen atoms in total. The summed E-state index contributed by atoms with van der Waals surface area (Å²) in [5.74, 6) is 0. The van der Waals surface area contributed by atoms with Crippen LogP contribution in [0.2, 0.25) is 10.0 Å². The second kappa shape index (κ2) is 11.7. The highest BCUT2D eigenvalue weighted by Gasteiger charge is 2.36. The minimum atomic E-state index is -0.406. The van der Waals surface area contributed by atoms with Gasteiger partial charge in [-0.3, -0.25) is 4.31 Å². The number of carbonyl (C=O) groups excluding carboxylic acids is 3. The van der Waals surface area contributed by atoms with Crippen LogP contribution in [-0.4, -0.2) is 76.6 Å². The van der Waals surface area contributed by atoms with E-state index in [0.29, 0.717) is 42.6 Å². The van der Waals surface area contributed by atoms with E-state index in [1.165, 1.54) is 22.4 Å². The topological polar surface area (TPSA) is 73.4 Å². The van der Waals surface area contributed by atoms with Crippen LogP contribution >= 0.6 is 35.1 Å². The minimum absolute atomic E-state index is 0.0850. The standard InChI is InChI=1S/C28H30Cl2N4O4S/c1-31(28(37)38-17-18-13-22(29)16-23(30)14-18)25-6-5-20-3-4-21(15-24(20)25)19-7-9-32(10-8-19)26(35)33-11-12-34(39-2)27(33)36/h3-4,7,13-16,25H,5-6,8-12,17H2,1-2H3. The van der Waals surface area contributed by atoms with Gasteiger partial charge in [0.15, 0.2) is 0 Å². The summed E-state index contributed by atoms with van der Waals surface area (Å²) in [5, 5.41) is 0.992. The highest BCUT2D eigenvalue weighted by molar-refractivity contribution is 7.96. The normalized spacial score (nSPS) is 18.8. The van der Waals surface area contributed by atoms with E-state index in [4.69, 9.17) is 27.9 Å². The molecular weight excluding hydrogens is 559 g/mol. The number of nitrogens with zero attached hydrogens (tertiary/aromatic N) is 4. The summed E-state index contributed by atoms with van der Waals surface area (Å²) in [5.41, 5.74) is 5.33. The molecule has 1 aliphatic carbocycles. The Bertz CT molecular complexity index is 1320. The van der Waals surface area contributed by atoms with Crippen LogP contribution in [0.5, 0.6) is 0 Å². The maximum absolute atomic E-state index is 12.9. The third kappa shape index (κ3) is 5.85. The van der Waals surface area contributed by atoms with Crippen molar-refractivity contribution in [2.75, 3.05) is 39.5 Å². The zero-order chi connectivity index (χ0) is 27.7. The molecule has 0 radical (unpaired) electrons. The first kappa shape index (κ1) is 27.7. The Balaban J connectivity index is 1.23. The molecule has 1 fully saturated rings. The number of rotatable bonds is 5. The first-order valence-electron chi connectivity index (χ1n) is 12.8. The van der Waals surface area contributed by atoms with Crippen LogP contribution in [0.25, 0.3) is 5.57 Å². The molecule has 0 N–H and O–H groups in total. The summed E-state index contributed by atoms with van der Waals surface area (Å²) in [6, 6.07) is 10.9. The number of fused-ring (bicyclic) bond motifs is 1. The van der Waals surface area contributed by atoms with Gasteiger partial charge in [-0.2, -0.15) is 0 Å². The van der Waals surface area contributed by atoms with E-state index in [0.717, 1.165) is 35.1 Å². The molecule has 1 atom stereocenters. The molecule has 11 heteroatoms. The fourth-order valence-electron chi connectivity index (χ4n) is 5.39. The molecule has 0 spiro atoms. The summed E-state index contributed by atoms with van der Waals surface area (Å²) in [6.07, 6.45) is 5.90. The lowest BCUT2D eigenvalue weighted by molar-refractivity contribution is 0.0909. The molecule has 2 heterocycles. The lowest BCUT2D eigenvalue weighted by atomic mass is 9.95. The Hall–Kier alpha value is -2.88. The van der Waals surface area contributed by atoms with E-state index in [-0.39, 0.29) is 24.7 Å². The van der Waals surface area contributed by atoms with E-state index in [2.05, 4.69) is 24.3 Å². The predicted molar refractivity (Wildman–Crippen MR) is 154 cm³/mol. The van der Waals surface area contributed by atoms with E-state index in [1.807, 2.05) is 6.26 Å². The number of ether oxygens (including phenoxy) is 1. The first-order chi connectivity index (χ1) is 18.7. The van der Waals surface area contributed by atoms with Gasteiger partial charge in [0.05, 0.1) is 19.1 Å². The number of hydrogen-bond acceptors (Lipinski definition) is 5. The SMILES string of the molecule is CSN1CCN(C(=O)N2CC=C(c3ccc4c(c3)C(N(C)C(=O)OCc3cc(Cl)cc(Cl)c3)CC4)CC2)C1=O. The quantitative estimate of drug-likeness (QED) is 0.374. The molecule has 2 aromatic carbocycles. The van der Waals surface area contributed by atoms with Crippen LogP contribution < -0.4 is 0 Å². The van der Waals surface area contributed by atoms with Crippen LogP contribution in [0, 0.1) is 0 Å². The van der Waals surface area contributed by atoms with E-state index >= 15 is 0 Å². The van der Waals surface area contributed by atoms with Crippen LogP contribution in [0.1, 0.15) is 41.1 Å². The number of carbonyl (C=O) groups is 3. The summed E-state index contributed by atoms with van der Waals surface area (Å²) >= 11 is 13.5. The van der Waals surface area contributed by atoms with Gasteiger partial charge >= 0.3 is 18.2 Å². The van der Waals surface area contributed by atoms with E-state index < -0.39 is 6.09 Å². The van der Waals surface area contributed by atoms with Crippen molar-refractivity contribution in [1.29, 1.82) is 0 Å². The number of halogens is 2. The molecule has 2 aliphatic heterocycles. The van der Waals surface area contributed by atoms with E-state index in [1.54, 1.807) is 39.4 Å². The average molecular weight is 590 g/mol. The average Bonchev–Trinajstić information content (AvgIpc) is 3.53. The molecule has 5 rings (SSSR count). The number of urea groups is 2. The van der Waals surface area contributed by atoms with Crippen LogP contribution in [0.4, 0.5) is 14.4 Å². The molecule has 0 bridgehead atoms. The molecule has 206 valence electrons. The number of amides is 5. The molecule has 0 aromatic heterocycles. The highest BCUT2D eigenvalue weighted by Crippen LogP contribution is 2.38. The maximum atomic E-state index is 12.9. The molecule has 3 aliphatic rings. The zero-order valence-electron chi connectivity index (χ0n) is 21.9. The van der Waals surface area contributed by atoms with Crippen molar-refractivity contribution in [3.63, 3.8) is 0 Å². The molecule has 1 unspecified atom stereocenters. The maximum Gasteiger partial charge on any atom is 0.410 e. The third-order valence-corrected chi connectivity index (χ3v) is 8.72. The monoisotopic (exact) mass is 588 g/mol. The van der Waals surface area contributed by atoms with Crippen molar-refractivity contribution in [1.82, 2.24) is 19.0 Å². The first-order valence-corrected chi connectivity index (χ1v) is 14.8. The van der Waals surface area contributed by atoms with Gasteiger partial charge in [0.25, 0.3) is 0 Å².